The average Bonchev–Trinajstić information content (AvgIpc) is 2.16. The number of terminal acetylenes is 1. The van der Waals surface area contributed by atoms with Crippen LogP contribution in [0, 0.1) is 12.3 Å². The van der Waals surface area contributed by atoms with Crippen LogP contribution < -0.4 is 15.8 Å². The maximum Gasteiger partial charge on any atom is 0.225 e. The maximum atomic E-state index is 5.50. The zero-order valence-corrected chi connectivity index (χ0v) is 9.03. The van der Waals surface area contributed by atoms with Crippen molar-refractivity contribution in [3.8, 4) is 18.2 Å². The molecule has 0 unspecified atom stereocenters. The number of nitrogens with two attached hydrogens (primary N) is 1. The number of anilines is 2. The summed E-state index contributed by atoms with van der Waals surface area (Å²) in [6.07, 6.45) is 5.34. The van der Waals surface area contributed by atoms with Crippen molar-refractivity contribution in [2.75, 3.05) is 18.2 Å². The molecule has 0 fully saturated rings. The molecule has 0 aromatic carbocycles. The fourth-order valence-corrected chi connectivity index (χ4v) is 0.968. The summed E-state index contributed by atoms with van der Waals surface area (Å²) in [6, 6.07) is 1.63. The lowest BCUT2D eigenvalue weighted by atomic mass is 10.1. The van der Waals surface area contributed by atoms with Crippen LogP contribution in [0.5, 0.6) is 5.88 Å². The van der Waals surface area contributed by atoms with Crippen LogP contribution in [0.15, 0.2) is 6.07 Å². The molecule has 80 valence electrons. The molecule has 0 aliphatic carbocycles. The molecule has 0 saturated carbocycles. The first-order chi connectivity index (χ1) is 6.96. The van der Waals surface area contributed by atoms with Gasteiger partial charge in [0.25, 0.3) is 0 Å². The third-order valence-corrected chi connectivity index (χ3v) is 1.73. The molecule has 1 heterocycles. The normalized spacial score (nSPS) is 10.5. The van der Waals surface area contributed by atoms with Gasteiger partial charge in [0.05, 0.1) is 12.6 Å². The molecule has 1 aromatic rings. The van der Waals surface area contributed by atoms with E-state index in [2.05, 4.69) is 21.2 Å². The Kier molecular flexibility index (Phi) is 3.00. The molecule has 5 nitrogen and oxygen atoms in total. The zero-order chi connectivity index (χ0) is 11.5. The Balaban J connectivity index is 2.96. The largest absolute Gasteiger partial charge is 0.481 e. The van der Waals surface area contributed by atoms with Crippen LogP contribution in [-0.4, -0.2) is 22.6 Å². The Morgan fingerprint density at radius 2 is 2.20 bits per heavy atom. The Morgan fingerprint density at radius 1 is 1.53 bits per heavy atom. The van der Waals surface area contributed by atoms with Crippen LogP contribution in [0.25, 0.3) is 0 Å². The van der Waals surface area contributed by atoms with Crippen molar-refractivity contribution in [3.63, 3.8) is 0 Å². The maximum absolute atomic E-state index is 5.50. The highest BCUT2D eigenvalue weighted by atomic mass is 16.5. The number of aromatic nitrogens is 2. The quantitative estimate of drug-likeness (QED) is 0.718. The molecule has 5 heteroatoms. The fraction of sp³-hybridized carbons (Fsp3) is 0.400. The van der Waals surface area contributed by atoms with E-state index in [1.54, 1.807) is 6.07 Å². The number of hydrogen-bond donors (Lipinski definition) is 2. The highest BCUT2D eigenvalue weighted by molar-refractivity contribution is 5.46. The van der Waals surface area contributed by atoms with Crippen LogP contribution in [-0.2, 0) is 0 Å². The molecule has 0 amide bonds. The Bertz CT molecular complexity index is 395. The molecule has 3 N–H and O–H groups in total. The van der Waals surface area contributed by atoms with E-state index in [1.165, 1.54) is 7.11 Å². The van der Waals surface area contributed by atoms with E-state index >= 15 is 0 Å². The Labute approximate surface area is 89.1 Å². The van der Waals surface area contributed by atoms with Crippen molar-refractivity contribution in [1.29, 1.82) is 0 Å². The van der Waals surface area contributed by atoms with Crippen LogP contribution in [0.1, 0.15) is 13.8 Å². The summed E-state index contributed by atoms with van der Waals surface area (Å²) in [5.41, 5.74) is 5.01. The summed E-state index contributed by atoms with van der Waals surface area (Å²) >= 11 is 0. The summed E-state index contributed by atoms with van der Waals surface area (Å²) in [6.45, 7) is 3.72. The van der Waals surface area contributed by atoms with Crippen LogP contribution in [0.4, 0.5) is 11.8 Å². The predicted octanol–water partition coefficient (Wildman–Crippen LogP) is 0.891. The summed E-state index contributed by atoms with van der Waals surface area (Å²) in [7, 11) is 1.51. The lowest BCUT2D eigenvalue weighted by molar-refractivity contribution is 0.398. The number of methoxy groups -OCH3 is 1. The van der Waals surface area contributed by atoms with Crippen molar-refractivity contribution in [1.82, 2.24) is 9.97 Å². The van der Waals surface area contributed by atoms with Gasteiger partial charge in [0, 0.05) is 6.07 Å². The highest BCUT2D eigenvalue weighted by Gasteiger charge is 2.14. The fourth-order valence-electron chi connectivity index (χ4n) is 0.968. The first-order valence-electron chi connectivity index (χ1n) is 4.41. The molecule has 0 spiro atoms. The lowest BCUT2D eigenvalue weighted by Gasteiger charge is -2.20. The van der Waals surface area contributed by atoms with Crippen molar-refractivity contribution >= 4 is 11.8 Å². The van der Waals surface area contributed by atoms with Crippen molar-refractivity contribution < 1.29 is 4.74 Å². The van der Waals surface area contributed by atoms with Gasteiger partial charge in [0.1, 0.15) is 5.82 Å². The van der Waals surface area contributed by atoms with Gasteiger partial charge < -0.3 is 15.8 Å². The Hall–Kier alpha value is -1.96. The molecular formula is C10H14N4O. The minimum absolute atomic E-state index is 0.143. The third-order valence-electron chi connectivity index (χ3n) is 1.73. The van der Waals surface area contributed by atoms with Crippen LogP contribution >= 0.6 is 0 Å². The molecule has 0 saturated heterocycles. The van der Waals surface area contributed by atoms with Gasteiger partial charge in [-0.1, -0.05) is 5.92 Å². The van der Waals surface area contributed by atoms with Crippen LogP contribution in [0.2, 0.25) is 0 Å². The summed E-state index contributed by atoms with van der Waals surface area (Å²) in [4.78, 5) is 7.86. The van der Waals surface area contributed by atoms with E-state index in [0.29, 0.717) is 11.7 Å². The summed E-state index contributed by atoms with van der Waals surface area (Å²) in [5, 5.41) is 3.04. The minimum atomic E-state index is -0.494. The molecule has 0 atom stereocenters. The van der Waals surface area contributed by atoms with E-state index in [1.807, 2.05) is 13.8 Å². The van der Waals surface area contributed by atoms with Gasteiger partial charge in [-0.2, -0.15) is 9.97 Å². The second-order valence-corrected chi connectivity index (χ2v) is 3.55. The van der Waals surface area contributed by atoms with Crippen molar-refractivity contribution in [2.45, 2.75) is 19.4 Å². The standard InChI is InChI=1S/C10H14N4O/c1-5-10(2,3)14-7-6-8(15-4)13-9(11)12-7/h1,6H,2-4H3,(H3,11,12,13,14). The van der Waals surface area contributed by atoms with E-state index < -0.39 is 5.54 Å². The number of ether oxygens (including phenoxy) is 1. The van der Waals surface area contributed by atoms with E-state index in [0.717, 1.165) is 0 Å². The second-order valence-electron chi connectivity index (χ2n) is 3.55. The third kappa shape index (κ3) is 3.02. The number of nitrogens with one attached hydrogen (secondary N) is 1. The smallest absolute Gasteiger partial charge is 0.225 e. The number of nitrogen functional groups attached to an aromatic ring is 1. The SMILES string of the molecule is C#CC(C)(C)Nc1cc(OC)nc(N)n1. The minimum Gasteiger partial charge on any atom is -0.481 e. The predicted molar refractivity (Wildman–Crippen MR) is 59.5 cm³/mol. The molecular weight excluding hydrogens is 192 g/mol. The Morgan fingerprint density at radius 3 is 2.73 bits per heavy atom. The number of nitrogens with zero attached hydrogens (tertiary/aromatic N) is 2. The molecule has 0 radical (unpaired) electrons. The zero-order valence-electron chi connectivity index (χ0n) is 9.03. The molecule has 0 aliphatic heterocycles. The lowest BCUT2D eigenvalue weighted by Crippen LogP contribution is -2.29. The highest BCUT2D eigenvalue weighted by Crippen LogP contribution is 2.17. The van der Waals surface area contributed by atoms with Gasteiger partial charge in [-0.05, 0) is 13.8 Å². The molecule has 1 aromatic heterocycles. The summed E-state index contributed by atoms with van der Waals surface area (Å²) in [5.74, 6) is 3.68. The molecule has 15 heavy (non-hydrogen) atoms. The van der Waals surface area contributed by atoms with Gasteiger partial charge in [0.2, 0.25) is 11.8 Å². The average molecular weight is 206 g/mol. The molecule has 0 aliphatic rings. The van der Waals surface area contributed by atoms with Crippen LogP contribution in [0.3, 0.4) is 0 Å². The van der Waals surface area contributed by atoms with E-state index in [-0.39, 0.29) is 5.95 Å². The summed E-state index contributed by atoms with van der Waals surface area (Å²) < 4.78 is 4.96. The monoisotopic (exact) mass is 206 g/mol. The van der Waals surface area contributed by atoms with Gasteiger partial charge in [-0.3, -0.25) is 0 Å². The first kappa shape index (κ1) is 11.1. The van der Waals surface area contributed by atoms with Gasteiger partial charge in [0.15, 0.2) is 0 Å². The topological polar surface area (TPSA) is 73.1 Å². The van der Waals surface area contributed by atoms with Crippen molar-refractivity contribution in [2.24, 2.45) is 0 Å². The van der Waals surface area contributed by atoms with Gasteiger partial charge >= 0.3 is 0 Å². The van der Waals surface area contributed by atoms with E-state index in [9.17, 15) is 0 Å². The molecule has 0 bridgehead atoms. The number of rotatable bonds is 3. The van der Waals surface area contributed by atoms with E-state index in [4.69, 9.17) is 16.9 Å². The van der Waals surface area contributed by atoms with Crippen molar-refractivity contribution in [3.05, 3.63) is 6.07 Å². The first-order valence-corrected chi connectivity index (χ1v) is 4.41. The second kappa shape index (κ2) is 4.05. The number of hydrogen-bond acceptors (Lipinski definition) is 5. The van der Waals surface area contributed by atoms with Gasteiger partial charge in [-0.15, -0.1) is 6.42 Å². The molecule has 1 rings (SSSR count). The van der Waals surface area contributed by atoms with Gasteiger partial charge in [-0.25, -0.2) is 0 Å².